The normalized spacial score (nSPS) is 29.4. The van der Waals surface area contributed by atoms with Gasteiger partial charge in [0.05, 0.1) is 0 Å². The third-order valence-corrected chi connectivity index (χ3v) is 4.48. The molecule has 0 spiro atoms. The highest BCUT2D eigenvalue weighted by Crippen LogP contribution is 2.27. The molecule has 2 aliphatic rings. The van der Waals surface area contributed by atoms with E-state index in [1.165, 1.54) is 0 Å². The molecule has 0 saturated carbocycles. The topological polar surface area (TPSA) is 59.4 Å². The Hall–Kier alpha value is -1.10. The van der Waals surface area contributed by atoms with Crippen molar-refractivity contribution in [3.05, 3.63) is 0 Å². The summed E-state index contributed by atoms with van der Waals surface area (Å²) < 4.78 is 0. The summed E-state index contributed by atoms with van der Waals surface area (Å²) in [5, 5.41) is 11.2. The number of amides is 1. The molecule has 0 aromatic heterocycles. The third kappa shape index (κ3) is 3.14. The van der Waals surface area contributed by atoms with E-state index in [1.54, 1.807) is 4.90 Å². The maximum absolute atomic E-state index is 12.6. The molecule has 5 heteroatoms. The van der Waals surface area contributed by atoms with Crippen LogP contribution < -0.4 is 5.32 Å². The van der Waals surface area contributed by atoms with Crippen molar-refractivity contribution in [1.29, 1.82) is 5.41 Å². The van der Waals surface area contributed by atoms with Crippen LogP contribution in [-0.2, 0) is 4.79 Å². The molecule has 2 N–H and O–H groups in total. The minimum atomic E-state index is -0.587. The highest BCUT2D eigenvalue weighted by atomic mass is 16.2. The Kier molecular flexibility index (Phi) is 4.37. The van der Waals surface area contributed by atoms with E-state index in [1.807, 2.05) is 6.92 Å². The molecule has 2 saturated heterocycles. The Balaban J connectivity index is 1.98. The SMILES string of the molecule is CC(C)CC1(C)NC(=N)N(CC2CCN(C)CC2)C1=O. The van der Waals surface area contributed by atoms with Crippen molar-refractivity contribution in [3.63, 3.8) is 0 Å². The first-order valence-corrected chi connectivity index (χ1v) is 7.69. The molecule has 20 heavy (non-hydrogen) atoms. The minimum Gasteiger partial charge on any atom is -0.342 e. The molecule has 0 aromatic carbocycles. The van der Waals surface area contributed by atoms with E-state index < -0.39 is 5.54 Å². The summed E-state index contributed by atoms with van der Waals surface area (Å²) in [7, 11) is 2.14. The Labute approximate surface area is 122 Å². The van der Waals surface area contributed by atoms with E-state index in [4.69, 9.17) is 5.41 Å². The number of hydrogen-bond acceptors (Lipinski definition) is 3. The fourth-order valence-corrected chi connectivity index (χ4v) is 3.41. The fourth-order valence-electron chi connectivity index (χ4n) is 3.41. The van der Waals surface area contributed by atoms with E-state index in [0.29, 0.717) is 18.4 Å². The van der Waals surface area contributed by atoms with Crippen LogP contribution in [0.2, 0.25) is 0 Å². The minimum absolute atomic E-state index is 0.0788. The van der Waals surface area contributed by atoms with Crippen LogP contribution in [0.3, 0.4) is 0 Å². The summed E-state index contributed by atoms with van der Waals surface area (Å²) in [4.78, 5) is 16.6. The average molecular weight is 280 g/mol. The van der Waals surface area contributed by atoms with Gasteiger partial charge in [0.1, 0.15) is 5.54 Å². The van der Waals surface area contributed by atoms with Crippen LogP contribution >= 0.6 is 0 Å². The zero-order valence-corrected chi connectivity index (χ0v) is 13.2. The van der Waals surface area contributed by atoms with Gasteiger partial charge >= 0.3 is 0 Å². The van der Waals surface area contributed by atoms with Crippen molar-refractivity contribution in [3.8, 4) is 0 Å². The van der Waals surface area contributed by atoms with E-state index in [2.05, 4.69) is 31.1 Å². The fraction of sp³-hybridized carbons (Fsp3) is 0.867. The summed E-state index contributed by atoms with van der Waals surface area (Å²) in [6.45, 7) is 9.05. The second-order valence-electron chi connectivity index (χ2n) is 7.07. The van der Waals surface area contributed by atoms with Crippen LogP contribution in [0.4, 0.5) is 0 Å². The van der Waals surface area contributed by atoms with Gasteiger partial charge in [-0.25, -0.2) is 0 Å². The zero-order valence-electron chi connectivity index (χ0n) is 13.2. The van der Waals surface area contributed by atoms with Gasteiger partial charge in [0, 0.05) is 6.54 Å². The molecule has 0 aliphatic carbocycles. The predicted octanol–water partition coefficient (Wildman–Crippen LogP) is 1.50. The van der Waals surface area contributed by atoms with E-state index >= 15 is 0 Å². The van der Waals surface area contributed by atoms with Gasteiger partial charge in [0.2, 0.25) is 0 Å². The van der Waals surface area contributed by atoms with Crippen molar-refractivity contribution < 1.29 is 4.79 Å². The van der Waals surface area contributed by atoms with Crippen LogP contribution in [-0.4, -0.2) is 53.9 Å². The van der Waals surface area contributed by atoms with Crippen molar-refractivity contribution in [1.82, 2.24) is 15.1 Å². The van der Waals surface area contributed by atoms with Crippen LogP contribution in [0.15, 0.2) is 0 Å². The first kappa shape index (κ1) is 15.3. The van der Waals surface area contributed by atoms with Gasteiger partial charge < -0.3 is 10.2 Å². The Morgan fingerprint density at radius 1 is 1.40 bits per heavy atom. The number of piperidine rings is 1. The molecule has 2 heterocycles. The summed E-state index contributed by atoms with van der Waals surface area (Å²) in [6.07, 6.45) is 3.01. The standard InChI is InChI=1S/C15H28N4O/c1-11(2)9-15(3)13(20)19(14(16)17-15)10-12-5-7-18(4)8-6-12/h11-12H,5-10H2,1-4H3,(H2,16,17). The van der Waals surface area contributed by atoms with Gasteiger partial charge in [0.15, 0.2) is 5.96 Å². The van der Waals surface area contributed by atoms with Crippen LogP contribution in [0.1, 0.15) is 40.0 Å². The molecule has 2 aliphatic heterocycles. The lowest BCUT2D eigenvalue weighted by Crippen LogP contribution is -2.45. The first-order chi connectivity index (χ1) is 9.32. The smallest absolute Gasteiger partial charge is 0.254 e. The van der Waals surface area contributed by atoms with Gasteiger partial charge in [0.25, 0.3) is 5.91 Å². The number of carbonyl (C=O) groups excluding carboxylic acids is 1. The quantitative estimate of drug-likeness (QED) is 0.820. The molecule has 2 fully saturated rings. The van der Waals surface area contributed by atoms with Crippen molar-refractivity contribution in [2.24, 2.45) is 11.8 Å². The molecule has 0 bridgehead atoms. The van der Waals surface area contributed by atoms with Gasteiger partial charge in [-0.1, -0.05) is 13.8 Å². The number of nitrogens with one attached hydrogen (secondary N) is 2. The lowest BCUT2D eigenvalue weighted by molar-refractivity contribution is -0.131. The largest absolute Gasteiger partial charge is 0.342 e. The molecule has 114 valence electrons. The van der Waals surface area contributed by atoms with Crippen molar-refractivity contribution >= 4 is 11.9 Å². The lowest BCUT2D eigenvalue weighted by Gasteiger charge is -2.31. The molecular weight excluding hydrogens is 252 g/mol. The zero-order chi connectivity index (χ0) is 14.9. The Morgan fingerprint density at radius 3 is 2.55 bits per heavy atom. The van der Waals surface area contributed by atoms with Crippen LogP contribution in [0, 0.1) is 17.2 Å². The molecule has 5 nitrogen and oxygen atoms in total. The lowest BCUT2D eigenvalue weighted by atomic mass is 9.90. The number of hydrogen-bond donors (Lipinski definition) is 2. The summed E-state index contributed by atoms with van der Waals surface area (Å²) in [6, 6.07) is 0. The number of nitrogens with zero attached hydrogens (tertiary/aromatic N) is 2. The van der Waals surface area contributed by atoms with Gasteiger partial charge in [-0.05, 0) is 58.2 Å². The molecule has 0 radical (unpaired) electrons. The molecule has 1 amide bonds. The molecule has 0 aromatic rings. The van der Waals surface area contributed by atoms with Gasteiger partial charge in [-0.2, -0.15) is 0 Å². The molecule has 2 rings (SSSR count). The van der Waals surface area contributed by atoms with Gasteiger partial charge in [-0.3, -0.25) is 15.1 Å². The summed E-state index contributed by atoms with van der Waals surface area (Å²) in [5.41, 5.74) is -0.587. The van der Waals surface area contributed by atoms with E-state index in [0.717, 1.165) is 32.4 Å². The van der Waals surface area contributed by atoms with Crippen molar-refractivity contribution in [2.75, 3.05) is 26.7 Å². The van der Waals surface area contributed by atoms with Crippen molar-refractivity contribution in [2.45, 2.75) is 45.6 Å². The van der Waals surface area contributed by atoms with E-state index in [9.17, 15) is 4.79 Å². The predicted molar refractivity (Wildman–Crippen MR) is 80.7 cm³/mol. The second kappa shape index (κ2) is 5.72. The molecule has 1 unspecified atom stereocenters. The summed E-state index contributed by atoms with van der Waals surface area (Å²) >= 11 is 0. The third-order valence-electron chi connectivity index (χ3n) is 4.48. The number of rotatable bonds is 4. The van der Waals surface area contributed by atoms with Gasteiger partial charge in [-0.15, -0.1) is 0 Å². The maximum Gasteiger partial charge on any atom is 0.254 e. The number of carbonyl (C=O) groups is 1. The van der Waals surface area contributed by atoms with Crippen LogP contribution in [0.25, 0.3) is 0 Å². The number of likely N-dealkylation sites (tertiary alicyclic amines) is 1. The summed E-state index contributed by atoms with van der Waals surface area (Å²) in [5.74, 6) is 1.33. The second-order valence-corrected chi connectivity index (χ2v) is 7.07. The Morgan fingerprint density at radius 2 is 2.00 bits per heavy atom. The van der Waals surface area contributed by atoms with E-state index in [-0.39, 0.29) is 11.9 Å². The monoisotopic (exact) mass is 280 g/mol. The van der Waals surface area contributed by atoms with Crippen LogP contribution in [0.5, 0.6) is 0 Å². The highest BCUT2D eigenvalue weighted by Gasteiger charge is 2.46. The average Bonchev–Trinajstić information content (AvgIpc) is 2.54. The molecule has 1 atom stereocenters. The number of guanidine groups is 1. The Bertz CT molecular complexity index is 387. The maximum atomic E-state index is 12.6. The first-order valence-electron chi connectivity index (χ1n) is 7.69. The molecular formula is C15H28N4O. The highest BCUT2D eigenvalue weighted by molar-refractivity contribution is 6.07.